The van der Waals surface area contributed by atoms with Crippen LogP contribution in [0.15, 0.2) is 30.6 Å². The molecule has 1 aromatic carbocycles. The Hall–Kier alpha value is -1.84. The maximum absolute atomic E-state index is 12.7. The predicted octanol–water partition coefficient (Wildman–Crippen LogP) is 3.76. The van der Waals surface area contributed by atoms with Gasteiger partial charge in [0.1, 0.15) is 6.54 Å². The molecule has 0 aliphatic heterocycles. The molecule has 4 fully saturated rings. The normalized spacial score (nSPS) is 34.4. The van der Waals surface area contributed by atoms with E-state index in [-0.39, 0.29) is 11.9 Å². The van der Waals surface area contributed by atoms with Gasteiger partial charge in [-0.1, -0.05) is 12.1 Å². The van der Waals surface area contributed by atoms with Gasteiger partial charge in [-0.3, -0.25) is 4.79 Å². The first-order chi connectivity index (χ1) is 12.1. The van der Waals surface area contributed by atoms with Crippen LogP contribution >= 0.6 is 0 Å². The number of nitrogens with one attached hydrogen (secondary N) is 1. The van der Waals surface area contributed by atoms with E-state index < -0.39 is 0 Å². The summed E-state index contributed by atoms with van der Waals surface area (Å²) >= 11 is 0. The van der Waals surface area contributed by atoms with Crippen molar-refractivity contribution in [1.82, 2.24) is 14.9 Å². The summed E-state index contributed by atoms with van der Waals surface area (Å²) in [6, 6.07) is 8.27. The number of carbonyl (C=O) groups excluding carboxylic acids is 1. The SMILES string of the molecule is CC(NC(=O)Cn1cnc2ccccc21)C12CC3CC(CC(C3)C1)C2. The molecule has 1 aromatic heterocycles. The largest absolute Gasteiger partial charge is 0.352 e. The van der Waals surface area contributed by atoms with Crippen LogP contribution in [0.3, 0.4) is 0 Å². The molecule has 0 spiro atoms. The van der Waals surface area contributed by atoms with E-state index in [9.17, 15) is 4.79 Å². The maximum atomic E-state index is 12.7. The van der Waals surface area contributed by atoms with Crippen LogP contribution in [0.25, 0.3) is 11.0 Å². The third-order valence-electron chi connectivity index (χ3n) is 7.22. The lowest BCUT2D eigenvalue weighted by atomic mass is 9.48. The minimum Gasteiger partial charge on any atom is -0.352 e. The highest BCUT2D eigenvalue weighted by Gasteiger charge is 2.53. The molecule has 4 bridgehead atoms. The van der Waals surface area contributed by atoms with Crippen LogP contribution < -0.4 is 5.32 Å². The fourth-order valence-electron chi connectivity index (χ4n) is 6.44. The molecule has 4 aliphatic carbocycles. The van der Waals surface area contributed by atoms with Gasteiger partial charge in [-0.25, -0.2) is 4.98 Å². The molecule has 4 nitrogen and oxygen atoms in total. The number of hydrogen-bond acceptors (Lipinski definition) is 2. The molecule has 1 N–H and O–H groups in total. The molecule has 1 amide bonds. The minimum atomic E-state index is 0.117. The van der Waals surface area contributed by atoms with E-state index in [1.165, 1.54) is 38.5 Å². The number of fused-ring (bicyclic) bond motifs is 1. The van der Waals surface area contributed by atoms with E-state index >= 15 is 0 Å². The Bertz CT molecular complexity index is 773. The first kappa shape index (κ1) is 15.4. The molecule has 0 saturated heterocycles. The summed E-state index contributed by atoms with van der Waals surface area (Å²) < 4.78 is 1.96. The van der Waals surface area contributed by atoms with Gasteiger partial charge in [-0.15, -0.1) is 0 Å². The van der Waals surface area contributed by atoms with Crippen molar-refractivity contribution in [1.29, 1.82) is 0 Å². The highest BCUT2D eigenvalue weighted by molar-refractivity contribution is 5.80. The highest BCUT2D eigenvalue weighted by atomic mass is 16.2. The second-order valence-electron chi connectivity index (χ2n) is 8.93. The Kier molecular flexibility index (Phi) is 3.44. The summed E-state index contributed by atoms with van der Waals surface area (Å²) in [6.07, 6.45) is 10.1. The third-order valence-corrected chi connectivity index (χ3v) is 7.22. The smallest absolute Gasteiger partial charge is 0.240 e. The van der Waals surface area contributed by atoms with Gasteiger partial charge in [0.15, 0.2) is 0 Å². The molecule has 4 aliphatic rings. The van der Waals surface area contributed by atoms with Crippen molar-refractivity contribution in [2.45, 2.75) is 58.0 Å². The lowest BCUT2D eigenvalue weighted by molar-refractivity contribution is -0.126. The van der Waals surface area contributed by atoms with Crippen molar-refractivity contribution >= 4 is 16.9 Å². The fourth-order valence-corrected chi connectivity index (χ4v) is 6.44. The van der Waals surface area contributed by atoms with Crippen LogP contribution in [0.2, 0.25) is 0 Å². The first-order valence-corrected chi connectivity index (χ1v) is 9.80. The van der Waals surface area contributed by atoms with Gasteiger partial charge in [0.25, 0.3) is 0 Å². The summed E-state index contributed by atoms with van der Waals surface area (Å²) in [4.78, 5) is 17.1. The number of imidazole rings is 1. The van der Waals surface area contributed by atoms with Crippen molar-refractivity contribution < 1.29 is 4.79 Å². The number of carbonyl (C=O) groups is 1. The van der Waals surface area contributed by atoms with Crippen LogP contribution in [0, 0.1) is 23.2 Å². The Morgan fingerprint density at radius 1 is 1.20 bits per heavy atom. The van der Waals surface area contributed by atoms with E-state index in [4.69, 9.17) is 0 Å². The maximum Gasteiger partial charge on any atom is 0.240 e. The Morgan fingerprint density at radius 2 is 1.84 bits per heavy atom. The summed E-state index contributed by atoms with van der Waals surface area (Å²) in [6.45, 7) is 2.61. The van der Waals surface area contributed by atoms with E-state index in [1.807, 2.05) is 28.8 Å². The quantitative estimate of drug-likeness (QED) is 0.923. The predicted molar refractivity (Wildman–Crippen MR) is 97.9 cm³/mol. The molecule has 4 saturated carbocycles. The lowest BCUT2D eigenvalue weighted by Crippen LogP contribution is -2.56. The summed E-state index contributed by atoms with van der Waals surface area (Å²) in [5.74, 6) is 2.88. The monoisotopic (exact) mass is 337 g/mol. The fraction of sp³-hybridized carbons (Fsp3) is 0.619. The Labute approximate surface area is 149 Å². The molecule has 6 rings (SSSR count). The summed E-state index contributed by atoms with van der Waals surface area (Å²) in [7, 11) is 0. The summed E-state index contributed by atoms with van der Waals surface area (Å²) in [5, 5.41) is 3.35. The number of amides is 1. The highest BCUT2D eigenvalue weighted by Crippen LogP contribution is 2.61. The van der Waals surface area contributed by atoms with Crippen LogP contribution in [-0.4, -0.2) is 21.5 Å². The molecule has 1 heterocycles. The van der Waals surface area contributed by atoms with Crippen LogP contribution in [0.4, 0.5) is 0 Å². The molecule has 25 heavy (non-hydrogen) atoms. The first-order valence-electron chi connectivity index (χ1n) is 9.80. The second-order valence-corrected chi connectivity index (χ2v) is 8.93. The molecule has 1 atom stereocenters. The van der Waals surface area contributed by atoms with Gasteiger partial charge in [-0.05, 0) is 80.8 Å². The zero-order chi connectivity index (χ0) is 17.0. The number of nitrogens with zero attached hydrogens (tertiary/aromatic N) is 2. The van der Waals surface area contributed by atoms with Crippen LogP contribution in [0.1, 0.15) is 45.4 Å². The van der Waals surface area contributed by atoms with E-state index in [0.29, 0.717) is 12.0 Å². The van der Waals surface area contributed by atoms with Gasteiger partial charge < -0.3 is 9.88 Å². The third kappa shape index (κ3) is 2.57. The Balaban J connectivity index is 1.29. The molecule has 2 aromatic rings. The van der Waals surface area contributed by atoms with E-state index in [2.05, 4.69) is 17.2 Å². The van der Waals surface area contributed by atoms with E-state index in [1.54, 1.807) is 6.33 Å². The molecule has 1 unspecified atom stereocenters. The number of benzene rings is 1. The Morgan fingerprint density at radius 3 is 2.52 bits per heavy atom. The van der Waals surface area contributed by atoms with Crippen LogP contribution in [0.5, 0.6) is 0 Å². The number of para-hydroxylation sites is 2. The van der Waals surface area contributed by atoms with Gasteiger partial charge >= 0.3 is 0 Å². The van der Waals surface area contributed by atoms with Gasteiger partial charge in [0.2, 0.25) is 5.91 Å². The van der Waals surface area contributed by atoms with Crippen molar-refractivity contribution in [3.63, 3.8) is 0 Å². The van der Waals surface area contributed by atoms with Crippen LogP contribution in [-0.2, 0) is 11.3 Å². The average Bonchev–Trinajstić information content (AvgIpc) is 2.96. The van der Waals surface area contributed by atoms with Gasteiger partial charge in [0, 0.05) is 6.04 Å². The van der Waals surface area contributed by atoms with Crippen molar-refractivity contribution in [2.75, 3.05) is 0 Å². The number of hydrogen-bond donors (Lipinski definition) is 1. The van der Waals surface area contributed by atoms with Crippen molar-refractivity contribution in [3.05, 3.63) is 30.6 Å². The zero-order valence-electron chi connectivity index (χ0n) is 14.9. The molecule has 0 radical (unpaired) electrons. The van der Waals surface area contributed by atoms with Gasteiger partial charge in [-0.2, -0.15) is 0 Å². The standard InChI is InChI=1S/C21H27N3O/c1-14(21-9-15-6-16(10-21)8-17(7-15)11-21)23-20(25)12-24-13-22-18-4-2-3-5-19(18)24/h2-5,13-17H,6-12H2,1H3,(H,23,25). The van der Waals surface area contributed by atoms with Crippen molar-refractivity contribution in [3.8, 4) is 0 Å². The number of rotatable bonds is 4. The molecule has 4 heteroatoms. The zero-order valence-corrected chi connectivity index (χ0v) is 14.9. The van der Waals surface area contributed by atoms with E-state index in [0.717, 1.165) is 28.8 Å². The topological polar surface area (TPSA) is 46.9 Å². The van der Waals surface area contributed by atoms with Crippen molar-refractivity contribution in [2.24, 2.45) is 23.2 Å². The molecular weight excluding hydrogens is 310 g/mol. The molecule has 132 valence electrons. The molecular formula is C21H27N3O. The average molecular weight is 337 g/mol. The second kappa shape index (κ2) is 5.58. The van der Waals surface area contributed by atoms with Gasteiger partial charge in [0.05, 0.1) is 17.4 Å². The summed E-state index contributed by atoms with van der Waals surface area (Å²) in [5.41, 5.74) is 2.34. The lowest BCUT2D eigenvalue weighted by Gasteiger charge is -2.59. The number of aromatic nitrogens is 2. The minimum absolute atomic E-state index is 0.117.